The van der Waals surface area contributed by atoms with Gasteiger partial charge in [0.05, 0.1) is 0 Å². The maximum Gasteiger partial charge on any atom is 0.192 e. The molecule has 0 aromatic carbocycles. The van der Waals surface area contributed by atoms with Gasteiger partial charge in [-0.1, -0.05) is 42.0 Å². The van der Waals surface area contributed by atoms with Crippen molar-refractivity contribution < 1.29 is 9.84 Å². The molecule has 0 fully saturated rings. The van der Waals surface area contributed by atoms with E-state index in [2.05, 4.69) is 12.2 Å². The Morgan fingerprint density at radius 1 is 1.25 bits per heavy atom. The second-order valence-electron chi connectivity index (χ2n) is 4.18. The number of hydrogen-bond acceptors (Lipinski definition) is 2. The van der Waals surface area contributed by atoms with Crippen molar-refractivity contribution in [3.63, 3.8) is 0 Å². The topological polar surface area (TPSA) is 29.5 Å². The first-order valence-electron chi connectivity index (χ1n) is 5.81. The van der Waals surface area contributed by atoms with Crippen LogP contribution in [0.25, 0.3) is 0 Å². The Hall–Kier alpha value is -1.12. The van der Waals surface area contributed by atoms with Crippen molar-refractivity contribution in [1.29, 1.82) is 0 Å². The Labute approximate surface area is 96.6 Å². The molecule has 2 rings (SSSR count). The average molecular weight is 218 g/mol. The Bertz CT molecular complexity index is 374. The van der Waals surface area contributed by atoms with E-state index in [4.69, 9.17) is 4.74 Å². The van der Waals surface area contributed by atoms with Crippen LogP contribution in [0.2, 0.25) is 0 Å². The first kappa shape index (κ1) is 11.4. The molecule has 1 atom stereocenters. The number of allylic oxidation sites excluding steroid dienone is 6. The van der Waals surface area contributed by atoms with E-state index in [1.807, 2.05) is 31.2 Å². The largest absolute Gasteiger partial charge is 0.362 e. The number of aliphatic hydroxyl groups is 1. The van der Waals surface area contributed by atoms with Crippen molar-refractivity contribution in [1.82, 2.24) is 0 Å². The summed E-state index contributed by atoms with van der Waals surface area (Å²) in [5.74, 6) is -1.11. The highest BCUT2D eigenvalue weighted by Gasteiger charge is 2.33. The molecule has 16 heavy (non-hydrogen) atoms. The molecule has 2 heteroatoms. The van der Waals surface area contributed by atoms with Crippen molar-refractivity contribution in [3.8, 4) is 0 Å². The fraction of sp³-hybridized carbons (Fsp3) is 0.429. The normalized spacial score (nSPS) is 22.1. The van der Waals surface area contributed by atoms with Crippen LogP contribution in [0, 0.1) is 0 Å². The molecule has 0 radical (unpaired) electrons. The molecule has 2 aliphatic carbocycles. The third kappa shape index (κ3) is 2.34. The van der Waals surface area contributed by atoms with Gasteiger partial charge in [-0.3, -0.25) is 0 Å². The highest BCUT2D eigenvalue weighted by molar-refractivity contribution is 5.32. The smallest absolute Gasteiger partial charge is 0.192 e. The second-order valence-corrected chi connectivity index (χ2v) is 4.18. The van der Waals surface area contributed by atoms with Crippen LogP contribution in [0.15, 0.2) is 47.6 Å². The third-order valence-corrected chi connectivity index (χ3v) is 2.97. The molecular formula is C14H18O2. The third-order valence-electron chi connectivity index (χ3n) is 2.97. The molecule has 0 aliphatic heterocycles. The second kappa shape index (κ2) is 4.81. The molecule has 1 unspecified atom stereocenters. The lowest BCUT2D eigenvalue weighted by Crippen LogP contribution is -2.34. The highest BCUT2D eigenvalue weighted by Crippen LogP contribution is 2.33. The summed E-state index contributed by atoms with van der Waals surface area (Å²) < 4.78 is 5.55. The average Bonchev–Trinajstić information content (AvgIpc) is 2.89. The number of hydrogen-bond donors (Lipinski definition) is 1. The van der Waals surface area contributed by atoms with Gasteiger partial charge in [0.1, 0.15) is 0 Å². The van der Waals surface area contributed by atoms with Crippen molar-refractivity contribution >= 4 is 0 Å². The van der Waals surface area contributed by atoms with Crippen LogP contribution in [0.1, 0.15) is 26.2 Å². The molecule has 0 saturated carbocycles. The van der Waals surface area contributed by atoms with E-state index in [0.29, 0.717) is 13.0 Å². The van der Waals surface area contributed by atoms with Crippen LogP contribution in [-0.2, 0) is 4.74 Å². The number of ether oxygens (including phenoxy) is 1. The lowest BCUT2D eigenvalue weighted by molar-refractivity contribution is -0.171. The zero-order chi connectivity index (χ0) is 11.4. The van der Waals surface area contributed by atoms with Crippen LogP contribution in [-0.4, -0.2) is 17.5 Å². The zero-order valence-corrected chi connectivity index (χ0v) is 9.65. The molecular weight excluding hydrogens is 200 g/mol. The summed E-state index contributed by atoms with van der Waals surface area (Å²) in [4.78, 5) is 0. The predicted octanol–water partition coefficient (Wildman–Crippen LogP) is 2.87. The van der Waals surface area contributed by atoms with Gasteiger partial charge in [0.2, 0.25) is 0 Å². The van der Waals surface area contributed by atoms with Crippen LogP contribution >= 0.6 is 0 Å². The van der Waals surface area contributed by atoms with Gasteiger partial charge in [-0.15, -0.1) is 0 Å². The summed E-state index contributed by atoms with van der Waals surface area (Å²) in [7, 11) is 0. The zero-order valence-electron chi connectivity index (χ0n) is 9.65. The maximum absolute atomic E-state index is 10.6. The quantitative estimate of drug-likeness (QED) is 0.719. The van der Waals surface area contributed by atoms with Gasteiger partial charge in [-0.05, 0) is 25.3 Å². The van der Waals surface area contributed by atoms with Gasteiger partial charge in [-0.2, -0.15) is 0 Å². The van der Waals surface area contributed by atoms with E-state index in [9.17, 15) is 5.11 Å². The van der Waals surface area contributed by atoms with E-state index in [0.717, 1.165) is 18.4 Å². The Morgan fingerprint density at radius 3 is 2.56 bits per heavy atom. The lowest BCUT2D eigenvalue weighted by atomic mass is 9.96. The molecule has 0 amide bonds. The molecule has 2 aliphatic rings. The van der Waals surface area contributed by atoms with Gasteiger partial charge in [-0.25, -0.2) is 0 Å². The summed E-state index contributed by atoms with van der Waals surface area (Å²) in [6.45, 7) is 2.43. The SMILES string of the molecule is CCOC(O)(CC1=CC=CC1)C1=CC=CC1. The van der Waals surface area contributed by atoms with E-state index < -0.39 is 5.79 Å². The fourth-order valence-corrected chi connectivity index (χ4v) is 2.16. The molecule has 1 N–H and O–H groups in total. The first-order chi connectivity index (χ1) is 7.74. The van der Waals surface area contributed by atoms with Crippen LogP contribution in [0.5, 0.6) is 0 Å². The van der Waals surface area contributed by atoms with Gasteiger partial charge in [0.25, 0.3) is 0 Å². The van der Waals surface area contributed by atoms with Crippen LogP contribution in [0.4, 0.5) is 0 Å². The first-order valence-corrected chi connectivity index (χ1v) is 5.81. The molecule has 0 heterocycles. The minimum Gasteiger partial charge on any atom is -0.362 e. The van der Waals surface area contributed by atoms with E-state index in [1.165, 1.54) is 5.57 Å². The molecule has 0 saturated heterocycles. The Morgan fingerprint density at radius 2 is 2.00 bits per heavy atom. The van der Waals surface area contributed by atoms with Gasteiger partial charge in [0.15, 0.2) is 5.79 Å². The fourth-order valence-electron chi connectivity index (χ4n) is 2.16. The van der Waals surface area contributed by atoms with E-state index >= 15 is 0 Å². The Balaban J connectivity index is 2.08. The Kier molecular flexibility index (Phi) is 3.42. The lowest BCUT2D eigenvalue weighted by Gasteiger charge is -2.30. The molecule has 0 aromatic rings. The van der Waals surface area contributed by atoms with Gasteiger partial charge >= 0.3 is 0 Å². The van der Waals surface area contributed by atoms with Gasteiger partial charge < -0.3 is 9.84 Å². The minimum absolute atomic E-state index is 0.522. The molecule has 0 bridgehead atoms. The van der Waals surface area contributed by atoms with Crippen molar-refractivity contribution in [3.05, 3.63) is 47.6 Å². The minimum atomic E-state index is -1.11. The summed E-state index contributed by atoms with van der Waals surface area (Å²) >= 11 is 0. The summed E-state index contributed by atoms with van der Waals surface area (Å²) in [6, 6.07) is 0. The maximum atomic E-state index is 10.6. The van der Waals surface area contributed by atoms with E-state index in [-0.39, 0.29) is 0 Å². The summed E-state index contributed by atoms with van der Waals surface area (Å²) in [6.07, 6.45) is 14.5. The summed E-state index contributed by atoms with van der Waals surface area (Å²) in [5.41, 5.74) is 2.19. The molecule has 86 valence electrons. The number of rotatable bonds is 5. The van der Waals surface area contributed by atoms with Crippen molar-refractivity contribution in [2.24, 2.45) is 0 Å². The van der Waals surface area contributed by atoms with E-state index in [1.54, 1.807) is 0 Å². The standard InChI is InChI=1S/C14H18O2/c1-2-16-14(15,13-9-5-6-10-13)11-12-7-3-4-8-12/h3-7,9,15H,2,8,10-11H2,1H3. The monoisotopic (exact) mass is 218 g/mol. The molecule has 2 nitrogen and oxygen atoms in total. The predicted molar refractivity (Wildman–Crippen MR) is 64.9 cm³/mol. The summed E-state index contributed by atoms with van der Waals surface area (Å²) in [5, 5.41) is 10.6. The highest BCUT2D eigenvalue weighted by atomic mass is 16.6. The van der Waals surface area contributed by atoms with Crippen molar-refractivity contribution in [2.75, 3.05) is 6.61 Å². The molecule has 0 spiro atoms. The molecule has 0 aromatic heterocycles. The van der Waals surface area contributed by atoms with Crippen LogP contribution < -0.4 is 0 Å². The van der Waals surface area contributed by atoms with Gasteiger partial charge in [0, 0.05) is 13.0 Å². The van der Waals surface area contributed by atoms with Crippen LogP contribution in [0.3, 0.4) is 0 Å². The van der Waals surface area contributed by atoms with Crippen molar-refractivity contribution in [2.45, 2.75) is 32.0 Å².